The van der Waals surface area contributed by atoms with Crippen LogP contribution < -0.4 is 15.5 Å². The van der Waals surface area contributed by atoms with Crippen LogP contribution in [-0.2, 0) is 41.5 Å². The molecule has 0 saturated heterocycles. The van der Waals surface area contributed by atoms with Gasteiger partial charge in [0, 0.05) is 58.9 Å². The van der Waals surface area contributed by atoms with Gasteiger partial charge in [-0.1, -0.05) is 107 Å². The molecule has 2 amide bonds. The number of benzene rings is 4. The molecule has 412 valence electrons. The van der Waals surface area contributed by atoms with Crippen LogP contribution in [0.1, 0.15) is 84.5 Å². The quantitative estimate of drug-likeness (QED) is 0.0151. The Balaban J connectivity index is 0.000000295. The standard InChI is InChI=1S/C25H26ClFN4O7.C20H18ClFN4O5.C5H9ClO2/c1-2-3-23(33)37-14-38-31-13-21(29-30-31)24(34)28-18(12-22(32)25(35)36)10-15-4-6-16(7-5-15)19-11-17(26)8-9-20(19)27;21-13-5-6-16(22)15(8-13)12-3-1-11(2-4-12)7-14(9-18(27)20(29)30)23-19(28)17-10-26(31)25-24-17;1-2-3-5(7)8-4-6/h4-9,11,13,18,22,32H,2-3,10,12,14H2,1H3,(H,28,34)(H,35,36);1-6,8,10,14,18,27,31H,7,9H2,(H,23,28)(H,29,30);2-4H2,1H3/t18-,22-;14-,18-;/m11./s1. The minimum Gasteiger partial charge on any atom is -0.479 e. The summed E-state index contributed by atoms with van der Waals surface area (Å²) in [5, 5.41) is 66.9. The van der Waals surface area contributed by atoms with Gasteiger partial charge in [-0.3, -0.25) is 19.2 Å². The number of rotatable bonds is 24. The molecular weight excluding hydrogens is 1080 g/mol. The van der Waals surface area contributed by atoms with Crippen LogP contribution in [-0.4, -0.2) is 129 Å². The van der Waals surface area contributed by atoms with Crippen molar-refractivity contribution in [2.45, 2.75) is 89.5 Å². The average Bonchev–Trinajstić information content (AvgIpc) is 4.06. The van der Waals surface area contributed by atoms with E-state index < -0.39 is 72.4 Å². The Hall–Kier alpha value is -7.77. The number of aliphatic hydroxyl groups is 2. The molecule has 2 heterocycles. The number of nitrogens with one attached hydrogen (secondary N) is 2. The SMILES string of the molecule is CCCC(=O)OCCl.CCCC(=O)OCOn1cc(C(=O)N[C@H](Cc2ccc(-c3cc(Cl)ccc3F)cc2)C[C@@H](O)C(=O)O)nn1.O=C(N[C@H](Cc1ccc(-c2cc(Cl)ccc2F)cc1)C[C@@H](O)C(=O)O)c1cn(O)nn1. The maximum absolute atomic E-state index is 14.2. The van der Waals surface area contributed by atoms with Crippen LogP contribution in [0.5, 0.6) is 0 Å². The molecule has 0 saturated carbocycles. The number of aliphatic carboxylic acids is 2. The summed E-state index contributed by atoms with van der Waals surface area (Å²) in [4.78, 5) is 75.3. The zero-order valence-corrected chi connectivity index (χ0v) is 43.4. The fraction of sp³-hybridized carbons (Fsp3) is 0.320. The Kier molecular flexibility index (Phi) is 25.1. The van der Waals surface area contributed by atoms with Gasteiger partial charge < -0.3 is 50.6 Å². The maximum Gasteiger partial charge on any atom is 0.332 e. The number of carboxylic acid groups (broad SMARTS) is 2. The summed E-state index contributed by atoms with van der Waals surface area (Å²) in [5.74, 6) is -5.78. The second-order valence-corrected chi connectivity index (χ2v) is 17.6. The summed E-state index contributed by atoms with van der Waals surface area (Å²) >= 11 is 17.0. The van der Waals surface area contributed by atoms with Crippen molar-refractivity contribution in [3.63, 3.8) is 0 Å². The van der Waals surface area contributed by atoms with Crippen LogP contribution in [0.3, 0.4) is 0 Å². The topological polar surface area (TPSA) is 317 Å². The van der Waals surface area contributed by atoms with Crippen molar-refractivity contribution in [1.82, 2.24) is 40.9 Å². The van der Waals surface area contributed by atoms with Gasteiger partial charge >= 0.3 is 23.9 Å². The normalized spacial score (nSPS) is 12.2. The Labute approximate surface area is 453 Å². The zero-order valence-electron chi connectivity index (χ0n) is 41.1. The van der Waals surface area contributed by atoms with E-state index in [1.807, 2.05) is 13.8 Å². The molecule has 0 unspecified atom stereocenters. The summed E-state index contributed by atoms with van der Waals surface area (Å²) < 4.78 is 37.5. The van der Waals surface area contributed by atoms with E-state index >= 15 is 0 Å². The number of halogens is 5. The summed E-state index contributed by atoms with van der Waals surface area (Å²) in [7, 11) is 0. The highest BCUT2D eigenvalue weighted by atomic mass is 35.5. The summed E-state index contributed by atoms with van der Waals surface area (Å²) in [6.07, 6.45) is 0.637. The Morgan fingerprint density at radius 2 is 1.06 bits per heavy atom. The minimum atomic E-state index is -1.73. The van der Waals surface area contributed by atoms with Crippen LogP contribution in [0.2, 0.25) is 10.0 Å². The number of nitrogens with zero attached hydrogens (tertiary/aromatic N) is 6. The molecule has 0 bridgehead atoms. The third-order valence-electron chi connectivity index (χ3n) is 10.6. The molecular formula is C50H53Cl3F2N8O14. The van der Waals surface area contributed by atoms with Gasteiger partial charge in [-0.25, -0.2) is 18.4 Å². The molecule has 6 rings (SSSR count). The lowest BCUT2D eigenvalue weighted by Gasteiger charge is -2.20. The molecule has 0 fully saturated rings. The highest BCUT2D eigenvalue weighted by Crippen LogP contribution is 2.28. The van der Waals surface area contributed by atoms with Crippen LogP contribution >= 0.6 is 34.8 Å². The number of hydrogen-bond donors (Lipinski definition) is 7. The molecule has 2 aromatic heterocycles. The molecule has 6 aromatic rings. The minimum absolute atomic E-state index is 0.0289. The van der Waals surface area contributed by atoms with E-state index in [0.717, 1.165) is 23.7 Å². The monoisotopic (exact) mass is 1130 g/mol. The largest absolute Gasteiger partial charge is 0.479 e. The summed E-state index contributed by atoms with van der Waals surface area (Å²) in [5.41, 5.74) is 2.90. The van der Waals surface area contributed by atoms with Gasteiger partial charge in [0.2, 0.25) is 0 Å². The number of esters is 2. The number of ether oxygens (including phenoxy) is 2. The van der Waals surface area contributed by atoms with Gasteiger partial charge in [0.25, 0.3) is 18.6 Å². The van der Waals surface area contributed by atoms with Gasteiger partial charge in [-0.15, -0.1) is 10.2 Å². The van der Waals surface area contributed by atoms with E-state index in [9.17, 15) is 47.8 Å². The van der Waals surface area contributed by atoms with E-state index in [0.29, 0.717) is 61.1 Å². The molecule has 0 spiro atoms. The number of alkyl halides is 1. The molecule has 4 aromatic carbocycles. The van der Waals surface area contributed by atoms with Crippen LogP contribution in [0.15, 0.2) is 97.3 Å². The van der Waals surface area contributed by atoms with Crippen molar-refractivity contribution in [3.8, 4) is 22.3 Å². The van der Waals surface area contributed by atoms with E-state index in [2.05, 4.69) is 36.0 Å². The van der Waals surface area contributed by atoms with E-state index in [4.69, 9.17) is 59.8 Å². The highest BCUT2D eigenvalue weighted by molar-refractivity contribution is 6.31. The highest BCUT2D eigenvalue weighted by Gasteiger charge is 2.26. The lowest BCUT2D eigenvalue weighted by molar-refractivity contribution is -0.158. The fourth-order valence-electron chi connectivity index (χ4n) is 6.83. The van der Waals surface area contributed by atoms with Crippen molar-refractivity contribution in [1.29, 1.82) is 0 Å². The van der Waals surface area contributed by atoms with Gasteiger partial charge in [0.05, 0.1) is 6.20 Å². The second kappa shape index (κ2) is 31.3. The third kappa shape index (κ3) is 21.1. The number of aromatic nitrogens is 6. The second-order valence-electron chi connectivity index (χ2n) is 16.5. The number of carbonyl (C=O) groups is 6. The third-order valence-corrected chi connectivity index (χ3v) is 11.1. The van der Waals surface area contributed by atoms with Crippen LogP contribution in [0.25, 0.3) is 22.3 Å². The maximum atomic E-state index is 14.2. The summed E-state index contributed by atoms with van der Waals surface area (Å²) in [6, 6.07) is 20.3. The first-order chi connectivity index (χ1) is 36.7. The van der Waals surface area contributed by atoms with E-state index in [-0.39, 0.29) is 55.5 Å². The lowest BCUT2D eigenvalue weighted by atomic mass is 9.97. The van der Waals surface area contributed by atoms with Gasteiger partial charge in [-0.2, -0.15) is 0 Å². The molecule has 27 heteroatoms. The van der Waals surface area contributed by atoms with Crippen molar-refractivity contribution < 1.29 is 77.5 Å². The van der Waals surface area contributed by atoms with Crippen molar-refractivity contribution in [3.05, 3.63) is 142 Å². The molecule has 7 N–H and O–H groups in total. The molecule has 0 aliphatic carbocycles. The molecule has 0 aliphatic rings. The number of hydrogen-bond acceptors (Lipinski definition) is 16. The van der Waals surface area contributed by atoms with Crippen LogP contribution in [0.4, 0.5) is 8.78 Å². The Bertz CT molecular complexity index is 2910. The molecule has 0 radical (unpaired) electrons. The van der Waals surface area contributed by atoms with Gasteiger partial charge in [0.15, 0.2) is 29.7 Å². The molecule has 77 heavy (non-hydrogen) atoms. The summed E-state index contributed by atoms with van der Waals surface area (Å²) in [6.45, 7) is 3.31. The number of aliphatic hydroxyl groups excluding tert-OH is 2. The van der Waals surface area contributed by atoms with Crippen molar-refractivity contribution in [2.75, 3.05) is 12.9 Å². The van der Waals surface area contributed by atoms with Crippen LogP contribution in [0, 0.1) is 11.6 Å². The average molecular weight is 1130 g/mol. The van der Waals surface area contributed by atoms with Crippen molar-refractivity contribution in [2.24, 2.45) is 0 Å². The predicted octanol–water partition coefficient (Wildman–Crippen LogP) is 6.32. The van der Waals surface area contributed by atoms with Gasteiger partial charge in [-0.05, 0) is 94.8 Å². The Morgan fingerprint density at radius 3 is 1.47 bits per heavy atom. The molecule has 0 aliphatic heterocycles. The van der Waals surface area contributed by atoms with E-state index in [1.54, 1.807) is 48.5 Å². The first-order valence-electron chi connectivity index (χ1n) is 23.3. The van der Waals surface area contributed by atoms with E-state index in [1.165, 1.54) is 36.4 Å². The molecule has 22 nitrogen and oxygen atoms in total. The lowest BCUT2D eigenvalue weighted by Crippen LogP contribution is -2.40. The number of carbonyl (C=O) groups excluding carboxylic acids is 4. The predicted molar refractivity (Wildman–Crippen MR) is 272 cm³/mol. The smallest absolute Gasteiger partial charge is 0.332 e. The number of carboxylic acids is 2. The first kappa shape index (κ1) is 61.8. The zero-order chi connectivity index (χ0) is 56.6. The fourth-order valence-corrected chi connectivity index (χ4v) is 7.29. The van der Waals surface area contributed by atoms with Gasteiger partial charge in [0.1, 0.15) is 17.8 Å². The van der Waals surface area contributed by atoms with Crippen molar-refractivity contribution >= 4 is 70.5 Å². The first-order valence-corrected chi connectivity index (χ1v) is 24.6. The number of amides is 2. The Morgan fingerprint density at radius 1 is 0.636 bits per heavy atom. The molecule has 4 atom stereocenters.